The van der Waals surface area contributed by atoms with Crippen LogP contribution in [0.15, 0.2) is 21.1 Å². The van der Waals surface area contributed by atoms with Crippen molar-refractivity contribution in [3.05, 3.63) is 40.7 Å². The van der Waals surface area contributed by atoms with Crippen LogP contribution in [0.4, 0.5) is 0 Å². The van der Waals surface area contributed by atoms with Crippen LogP contribution >= 0.6 is 11.8 Å². The quantitative estimate of drug-likeness (QED) is 0.871. The molecular weight excluding hydrogens is 248 g/mol. The zero-order valence-corrected chi connectivity index (χ0v) is 11.8. The molecule has 0 aliphatic carbocycles. The van der Waals surface area contributed by atoms with Gasteiger partial charge in [-0.05, 0) is 32.2 Å². The normalized spacial score (nSPS) is 11.1. The van der Waals surface area contributed by atoms with Gasteiger partial charge in [-0.15, -0.1) is 0 Å². The number of nitrogens with one attached hydrogen (secondary N) is 1. The second kappa shape index (κ2) is 6.11. The maximum atomic E-state index is 5.68. The molecule has 0 bridgehead atoms. The Morgan fingerprint density at radius 1 is 1.22 bits per heavy atom. The lowest BCUT2D eigenvalue weighted by molar-refractivity contribution is 0.391. The predicted molar refractivity (Wildman–Crippen MR) is 72.4 cm³/mol. The number of aryl methyl sites for hydroxylation is 2. The summed E-state index contributed by atoms with van der Waals surface area (Å²) in [5, 5.41) is 7.27. The van der Waals surface area contributed by atoms with Gasteiger partial charge >= 0.3 is 0 Å². The van der Waals surface area contributed by atoms with Crippen molar-refractivity contribution < 1.29 is 8.94 Å². The molecule has 0 spiro atoms. The lowest BCUT2D eigenvalue weighted by Gasteiger charge is -2.02. The van der Waals surface area contributed by atoms with Gasteiger partial charge in [0.15, 0.2) is 0 Å². The molecule has 0 saturated carbocycles. The fraction of sp³-hybridized carbons (Fsp3) is 0.462. The van der Waals surface area contributed by atoms with Gasteiger partial charge in [0, 0.05) is 12.1 Å². The number of nitrogens with zero attached hydrogens (tertiary/aromatic N) is 1. The number of aromatic nitrogens is 1. The molecule has 0 atom stereocenters. The molecule has 98 valence electrons. The van der Waals surface area contributed by atoms with Gasteiger partial charge in [0.2, 0.25) is 0 Å². The highest BCUT2D eigenvalue weighted by Gasteiger charge is 2.08. The van der Waals surface area contributed by atoms with Crippen molar-refractivity contribution in [1.82, 2.24) is 10.5 Å². The Bertz CT molecular complexity index is 485. The molecule has 0 fully saturated rings. The molecule has 0 radical (unpaired) electrons. The van der Waals surface area contributed by atoms with Crippen molar-refractivity contribution in [2.75, 3.05) is 6.26 Å². The standard InChI is InChI=1S/C13H18N2O2S/c1-9-13(10(2)17-15-9)7-14-6-11-4-5-12(16-11)8-18-3/h4-5,14H,6-8H2,1-3H3. The van der Waals surface area contributed by atoms with E-state index in [0.717, 1.165) is 47.4 Å². The van der Waals surface area contributed by atoms with Crippen molar-refractivity contribution in [2.24, 2.45) is 0 Å². The molecule has 18 heavy (non-hydrogen) atoms. The number of furan rings is 1. The van der Waals surface area contributed by atoms with E-state index >= 15 is 0 Å². The van der Waals surface area contributed by atoms with Gasteiger partial charge < -0.3 is 14.3 Å². The molecule has 2 rings (SSSR count). The summed E-state index contributed by atoms with van der Waals surface area (Å²) in [5.74, 6) is 3.79. The molecule has 0 saturated heterocycles. The van der Waals surface area contributed by atoms with Crippen molar-refractivity contribution in [3.8, 4) is 0 Å². The molecule has 0 aromatic carbocycles. The van der Waals surface area contributed by atoms with E-state index in [4.69, 9.17) is 8.94 Å². The van der Waals surface area contributed by atoms with Crippen LogP contribution in [0.3, 0.4) is 0 Å². The minimum absolute atomic E-state index is 0.721. The maximum Gasteiger partial charge on any atom is 0.138 e. The van der Waals surface area contributed by atoms with Crippen molar-refractivity contribution in [2.45, 2.75) is 32.7 Å². The average molecular weight is 266 g/mol. The highest BCUT2D eigenvalue weighted by atomic mass is 32.2. The second-order valence-electron chi connectivity index (χ2n) is 4.21. The Morgan fingerprint density at radius 3 is 2.67 bits per heavy atom. The lowest BCUT2D eigenvalue weighted by atomic mass is 10.2. The third-order valence-corrected chi connectivity index (χ3v) is 3.36. The molecule has 0 amide bonds. The molecular formula is C13H18N2O2S. The first-order valence-corrected chi connectivity index (χ1v) is 7.29. The summed E-state index contributed by atoms with van der Waals surface area (Å²) in [6, 6.07) is 4.05. The van der Waals surface area contributed by atoms with Crippen LogP contribution in [-0.4, -0.2) is 11.4 Å². The summed E-state index contributed by atoms with van der Waals surface area (Å²) in [7, 11) is 0. The van der Waals surface area contributed by atoms with E-state index in [-0.39, 0.29) is 0 Å². The molecule has 2 aromatic heterocycles. The largest absolute Gasteiger partial charge is 0.464 e. The second-order valence-corrected chi connectivity index (χ2v) is 5.07. The number of hydrogen-bond donors (Lipinski definition) is 1. The van der Waals surface area contributed by atoms with Gasteiger partial charge in [0.1, 0.15) is 17.3 Å². The number of rotatable bonds is 6. The monoisotopic (exact) mass is 266 g/mol. The first-order chi connectivity index (χ1) is 8.70. The zero-order chi connectivity index (χ0) is 13.0. The van der Waals surface area contributed by atoms with Crippen LogP contribution in [0.1, 0.15) is 28.5 Å². The Kier molecular flexibility index (Phi) is 4.49. The van der Waals surface area contributed by atoms with Crippen LogP contribution in [0.2, 0.25) is 0 Å². The topological polar surface area (TPSA) is 51.2 Å². The van der Waals surface area contributed by atoms with Crippen molar-refractivity contribution in [3.63, 3.8) is 0 Å². The SMILES string of the molecule is CSCc1ccc(CNCc2c(C)noc2C)o1. The third-order valence-electron chi connectivity index (χ3n) is 2.79. The zero-order valence-electron chi connectivity index (χ0n) is 10.9. The van der Waals surface area contributed by atoms with Gasteiger partial charge in [-0.25, -0.2) is 0 Å². The van der Waals surface area contributed by atoms with E-state index < -0.39 is 0 Å². The molecule has 1 N–H and O–H groups in total. The van der Waals surface area contributed by atoms with Gasteiger partial charge in [-0.2, -0.15) is 11.8 Å². The van der Waals surface area contributed by atoms with E-state index in [0.29, 0.717) is 0 Å². The fourth-order valence-electron chi connectivity index (χ4n) is 1.80. The van der Waals surface area contributed by atoms with E-state index in [1.54, 1.807) is 11.8 Å². The van der Waals surface area contributed by atoms with Crippen LogP contribution in [-0.2, 0) is 18.8 Å². The predicted octanol–water partition coefficient (Wildman–Crippen LogP) is 3.04. The summed E-state index contributed by atoms with van der Waals surface area (Å²) in [6.07, 6.45) is 2.07. The molecule has 0 aliphatic rings. The van der Waals surface area contributed by atoms with Crippen LogP contribution in [0, 0.1) is 13.8 Å². The molecule has 2 heterocycles. The summed E-state index contributed by atoms with van der Waals surface area (Å²) in [6.45, 7) is 5.36. The minimum atomic E-state index is 0.721. The fourth-order valence-corrected chi connectivity index (χ4v) is 2.24. The van der Waals surface area contributed by atoms with Crippen molar-refractivity contribution >= 4 is 11.8 Å². The lowest BCUT2D eigenvalue weighted by Crippen LogP contribution is -2.13. The Hall–Kier alpha value is -1.20. The van der Waals surface area contributed by atoms with Gasteiger partial charge in [-0.1, -0.05) is 5.16 Å². The Morgan fingerprint density at radius 2 is 2.00 bits per heavy atom. The van der Waals surface area contributed by atoms with Gasteiger partial charge in [-0.3, -0.25) is 0 Å². The van der Waals surface area contributed by atoms with E-state index in [1.165, 1.54) is 0 Å². The average Bonchev–Trinajstić information content (AvgIpc) is 2.91. The highest BCUT2D eigenvalue weighted by molar-refractivity contribution is 7.97. The van der Waals surface area contributed by atoms with Crippen molar-refractivity contribution in [1.29, 1.82) is 0 Å². The first-order valence-electron chi connectivity index (χ1n) is 5.89. The van der Waals surface area contributed by atoms with E-state index in [9.17, 15) is 0 Å². The molecule has 0 aliphatic heterocycles. The van der Waals surface area contributed by atoms with Gasteiger partial charge in [0.25, 0.3) is 0 Å². The minimum Gasteiger partial charge on any atom is -0.464 e. The summed E-state index contributed by atoms with van der Waals surface area (Å²) < 4.78 is 10.8. The van der Waals surface area contributed by atoms with Gasteiger partial charge in [0.05, 0.1) is 18.0 Å². The summed E-state index contributed by atoms with van der Waals surface area (Å²) in [5.41, 5.74) is 2.08. The molecule has 0 unspecified atom stereocenters. The highest BCUT2D eigenvalue weighted by Crippen LogP contribution is 2.14. The Labute approximate surface area is 111 Å². The van der Waals surface area contributed by atoms with Crippen LogP contribution in [0.25, 0.3) is 0 Å². The molecule has 5 heteroatoms. The third kappa shape index (κ3) is 3.17. The summed E-state index contributed by atoms with van der Waals surface area (Å²) >= 11 is 1.76. The Balaban J connectivity index is 1.84. The molecule has 2 aromatic rings. The van der Waals surface area contributed by atoms with Crippen LogP contribution < -0.4 is 5.32 Å². The van der Waals surface area contributed by atoms with E-state index in [1.807, 2.05) is 26.0 Å². The first kappa shape index (κ1) is 13.2. The number of thioether (sulfide) groups is 1. The number of hydrogen-bond acceptors (Lipinski definition) is 5. The van der Waals surface area contributed by atoms with E-state index in [2.05, 4.69) is 16.7 Å². The maximum absolute atomic E-state index is 5.68. The van der Waals surface area contributed by atoms with Crippen LogP contribution in [0.5, 0.6) is 0 Å². The summed E-state index contributed by atoms with van der Waals surface area (Å²) in [4.78, 5) is 0. The molecule has 4 nitrogen and oxygen atoms in total. The smallest absolute Gasteiger partial charge is 0.138 e.